The molecule has 9 heteroatoms. The third kappa shape index (κ3) is 6.00. The normalized spacial score (nSPS) is 11.1. The molecule has 0 fully saturated rings. The Balaban J connectivity index is 1.53. The van der Waals surface area contributed by atoms with Crippen LogP contribution in [0.15, 0.2) is 84.4 Å². The molecule has 1 amide bonds. The Morgan fingerprint density at radius 2 is 1.72 bits per heavy atom. The summed E-state index contributed by atoms with van der Waals surface area (Å²) in [6.45, 7) is 0.400. The Kier molecular flexibility index (Phi) is 8.17. The van der Waals surface area contributed by atoms with Crippen molar-refractivity contribution in [2.24, 2.45) is 0 Å². The standard InChI is InChI=1S/C27H17I2N3O4/c28-24-12-17(11-20(15-30)27(33)31-21-8-4-9-22(14-21)32(34)35)13-25(29)26(24)36-16-19-7-3-6-18-5-1-2-10-23(18)19/h1-14H,16H2,(H,31,33)/b20-11+. The van der Waals surface area contributed by atoms with Crippen molar-refractivity contribution in [3.8, 4) is 11.8 Å². The number of carbonyl (C=O) groups is 1. The van der Waals surface area contributed by atoms with Crippen molar-refractivity contribution in [2.75, 3.05) is 5.32 Å². The third-order valence-corrected chi connectivity index (χ3v) is 6.87. The number of nitrogens with one attached hydrogen (secondary N) is 1. The molecule has 4 rings (SSSR count). The van der Waals surface area contributed by atoms with E-state index in [1.165, 1.54) is 30.3 Å². The zero-order valence-corrected chi connectivity index (χ0v) is 22.9. The van der Waals surface area contributed by atoms with Crippen LogP contribution in [0.4, 0.5) is 11.4 Å². The molecule has 0 aliphatic rings. The van der Waals surface area contributed by atoms with Crippen molar-refractivity contribution in [1.29, 1.82) is 5.26 Å². The number of hydrogen-bond acceptors (Lipinski definition) is 5. The summed E-state index contributed by atoms with van der Waals surface area (Å²) in [6, 6.07) is 25.4. The minimum Gasteiger partial charge on any atom is -0.487 e. The number of ether oxygens (including phenoxy) is 1. The summed E-state index contributed by atoms with van der Waals surface area (Å²) < 4.78 is 7.84. The van der Waals surface area contributed by atoms with Gasteiger partial charge in [-0.2, -0.15) is 5.26 Å². The fourth-order valence-electron chi connectivity index (χ4n) is 3.58. The van der Waals surface area contributed by atoms with Gasteiger partial charge in [0.15, 0.2) is 0 Å². The van der Waals surface area contributed by atoms with Gasteiger partial charge in [-0.05, 0) is 91.4 Å². The third-order valence-electron chi connectivity index (χ3n) is 5.26. The highest BCUT2D eigenvalue weighted by Gasteiger charge is 2.14. The van der Waals surface area contributed by atoms with Crippen LogP contribution in [0.25, 0.3) is 16.8 Å². The highest BCUT2D eigenvalue weighted by atomic mass is 127. The van der Waals surface area contributed by atoms with Crippen LogP contribution in [-0.4, -0.2) is 10.8 Å². The van der Waals surface area contributed by atoms with E-state index in [2.05, 4.69) is 68.7 Å². The fraction of sp³-hybridized carbons (Fsp3) is 0.0370. The average molecular weight is 701 g/mol. The number of rotatable bonds is 7. The van der Waals surface area contributed by atoms with E-state index in [0.717, 1.165) is 29.2 Å². The molecule has 7 nitrogen and oxygen atoms in total. The zero-order chi connectivity index (χ0) is 25.7. The van der Waals surface area contributed by atoms with Crippen molar-refractivity contribution in [3.63, 3.8) is 0 Å². The van der Waals surface area contributed by atoms with Gasteiger partial charge in [0, 0.05) is 17.8 Å². The maximum absolute atomic E-state index is 12.6. The summed E-state index contributed by atoms with van der Waals surface area (Å²) in [5.41, 5.74) is 1.69. The summed E-state index contributed by atoms with van der Waals surface area (Å²) in [4.78, 5) is 23.0. The number of carbonyl (C=O) groups excluding carboxylic acids is 1. The lowest BCUT2D eigenvalue weighted by Crippen LogP contribution is -2.13. The molecule has 0 saturated heterocycles. The summed E-state index contributed by atoms with van der Waals surface area (Å²) in [5, 5.41) is 25.3. The first kappa shape index (κ1) is 25.6. The van der Waals surface area contributed by atoms with Gasteiger partial charge in [-0.3, -0.25) is 14.9 Å². The van der Waals surface area contributed by atoms with Gasteiger partial charge in [0.2, 0.25) is 0 Å². The fourth-order valence-corrected chi connectivity index (χ4v) is 5.71. The molecule has 178 valence electrons. The lowest BCUT2D eigenvalue weighted by Gasteiger charge is -2.13. The van der Waals surface area contributed by atoms with E-state index in [1.807, 2.05) is 42.5 Å². The SMILES string of the molecule is N#C/C(=C\c1cc(I)c(OCc2cccc3ccccc23)c(I)c1)C(=O)Nc1cccc([N+](=O)[O-])c1. The number of benzene rings is 4. The Hall–Kier alpha value is -3.50. The van der Waals surface area contributed by atoms with Gasteiger partial charge in [0.1, 0.15) is 24.0 Å². The Bertz CT molecular complexity index is 1530. The summed E-state index contributed by atoms with van der Waals surface area (Å²) in [7, 11) is 0. The summed E-state index contributed by atoms with van der Waals surface area (Å²) in [6.07, 6.45) is 1.48. The molecule has 0 heterocycles. The molecule has 0 spiro atoms. The van der Waals surface area contributed by atoms with Crippen LogP contribution in [0.3, 0.4) is 0 Å². The molecule has 0 aromatic heterocycles. The van der Waals surface area contributed by atoms with Gasteiger partial charge in [0.05, 0.1) is 12.1 Å². The largest absolute Gasteiger partial charge is 0.487 e. The van der Waals surface area contributed by atoms with E-state index < -0.39 is 10.8 Å². The monoisotopic (exact) mass is 701 g/mol. The molecular weight excluding hydrogens is 684 g/mol. The Morgan fingerprint density at radius 1 is 1.03 bits per heavy atom. The molecule has 0 atom stereocenters. The number of nitrogens with zero attached hydrogens (tertiary/aromatic N) is 2. The molecule has 0 aliphatic carbocycles. The van der Waals surface area contributed by atoms with E-state index in [4.69, 9.17) is 4.74 Å². The predicted molar refractivity (Wildman–Crippen MR) is 155 cm³/mol. The van der Waals surface area contributed by atoms with Crippen molar-refractivity contribution < 1.29 is 14.5 Å². The Morgan fingerprint density at radius 3 is 2.44 bits per heavy atom. The first-order chi connectivity index (χ1) is 17.4. The lowest BCUT2D eigenvalue weighted by atomic mass is 10.1. The van der Waals surface area contributed by atoms with Crippen molar-refractivity contribution in [3.05, 3.63) is 113 Å². The number of anilines is 1. The number of nitriles is 1. The van der Waals surface area contributed by atoms with Crippen molar-refractivity contribution in [2.45, 2.75) is 6.61 Å². The van der Waals surface area contributed by atoms with Gasteiger partial charge in [-0.15, -0.1) is 0 Å². The molecule has 0 aliphatic heterocycles. The number of nitro groups is 1. The highest BCUT2D eigenvalue weighted by molar-refractivity contribution is 14.1. The number of fused-ring (bicyclic) bond motifs is 1. The molecular formula is C27H17I2N3O4. The second kappa shape index (κ2) is 11.5. The zero-order valence-electron chi connectivity index (χ0n) is 18.6. The highest BCUT2D eigenvalue weighted by Crippen LogP contribution is 2.31. The van der Waals surface area contributed by atoms with Crippen molar-refractivity contribution in [1.82, 2.24) is 0 Å². The van der Waals surface area contributed by atoms with Crippen LogP contribution >= 0.6 is 45.2 Å². The van der Waals surface area contributed by atoms with E-state index >= 15 is 0 Å². The van der Waals surface area contributed by atoms with Crippen LogP contribution in [0.2, 0.25) is 0 Å². The van der Waals surface area contributed by atoms with Gasteiger partial charge >= 0.3 is 0 Å². The van der Waals surface area contributed by atoms with Crippen LogP contribution in [0.1, 0.15) is 11.1 Å². The van der Waals surface area contributed by atoms with Crippen LogP contribution in [0.5, 0.6) is 5.75 Å². The van der Waals surface area contributed by atoms with Gasteiger partial charge in [-0.25, -0.2) is 0 Å². The number of halogens is 2. The Labute approximate surface area is 234 Å². The number of non-ortho nitro benzene ring substituents is 1. The van der Waals surface area contributed by atoms with E-state index in [0.29, 0.717) is 12.2 Å². The van der Waals surface area contributed by atoms with Gasteiger partial charge in [0.25, 0.3) is 11.6 Å². The quantitative estimate of drug-likeness (QED) is 0.0730. The van der Waals surface area contributed by atoms with Crippen LogP contribution in [-0.2, 0) is 11.4 Å². The van der Waals surface area contributed by atoms with Gasteiger partial charge < -0.3 is 10.1 Å². The van der Waals surface area contributed by atoms with Crippen molar-refractivity contribution >= 4 is 79.3 Å². The molecule has 4 aromatic rings. The minimum atomic E-state index is -0.653. The molecule has 1 N–H and O–H groups in total. The number of hydrogen-bond donors (Lipinski definition) is 1. The first-order valence-corrected chi connectivity index (χ1v) is 12.8. The average Bonchev–Trinajstić information content (AvgIpc) is 2.87. The smallest absolute Gasteiger partial charge is 0.271 e. The number of amides is 1. The summed E-state index contributed by atoms with van der Waals surface area (Å²) >= 11 is 4.34. The van der Waals surface area contributed by atoms with E-state index in [-0.39, 0.29) is 16.9 Å². The lowest BCUT2D eigenvalue weighted by molar-refractivity contribution is -0.384. The molecule has 0 bridgehead atoms. The maximum Gasteiger partial charge on any atom is 0.271 e. The first-order valence-electron chi connectivity index (χ1n) is 10.6. The molecule has 0 radical (unpaired) electrons. The second-order valence-electron chi connectivity index (χ2n) is 7.67. The van der Waals surface area contributed by atoms with Crippen LogP contribution in [0, 0.1) is 28.6 Å². The van der Waals surface area contributed by atoms with Gasteiger partial charge in [-0.1, -0.05) is 48.5 Å². The predicted octanol–water partition coefficient (Wildman–Crippen LogP) is 7.08. The van der Waals surface area contributed by atoms with E-state index in [1.54, 1.807) is 0 Å². The molecule has 0 unspecified atom stereocenters. The molecule has 0 saturated carbocycles. The topological polar surface area (TPSA) is 105 Å². The van der Waals surface area contributed by atoms with E-state index in [9.17, 15) is 20.2 Å². The minimum absolute atomic E-state index is 0.127. The van der Waals surface area contributed by atoms with Crippen LogP contribution < -0.4 is 10.1 Å². The summed E-state index contributed by atoms with van der Waals surface area (Å²) in [5.74, 6) is 0.0696. The molecule has 4 aromatic carbocycles. The number of nitro benzene ring substituents is 1. The maximum atomic E-state index is 12.6. The second-order valence-corrected chi connectivity index (χ2v) is 10.00. The molecule has 36 heavy (non-hydrogen) atoms.